The lowest BCUT2D eigenvalue weighted by atomic mass is 9.91. The summed E-state index contributed by atoms with van der Waals surface area (Å²) in [5.41, 5.74) is 4.64. The van der Waals surface area contributed by atoms with Gasteiger partial charge in [0.2, 0.25) is 5.91 Å². The minimum absolute atomic E-state index is 0.166. The fourth-order valence-corrected chi connectivity index (χ4v) is 3.76. The third-order valence-electron chi connectivity index (χ3n) is 5.19. The monoisotopic (exact) mass is 341 g/mol. The Morgan fingerprint density at radius 1 is 1.24 bits per heavy atom. The summed E-state index contributed by atoms with van der Waals surface area (Å²) >= 11 is 0. The number of hydrogen-bond donors (Lipinski definition) is 1. The van der Waals surface area contributed by atoms with Gasteiger partial charge in [-0.15, -0.1) is 0 Å². The lowest BCUT2D eigenvalue weighted by Gasteiger charge is -2.36. The molecule has 0 unspecified atom stereocenters. The Labute approximate surface area is 147 Å². The quantitative estimate of drug-likeness (QED) is 0.928. The number of carboxylic acids is 1. The summed E-state index contributed by atoms with van der Waals surface area (Å²) in [5.74, 6) is -1.56. The van der Waals surface area contributed by atoms with Crippen LogP contribution in [0.1, 0.15) is 40.9 Å². The summed E-state index contributed by atoms with van der Waals surface area (Å²) in [5, 5.41) is 14.0. The fraction of sp³-hybridized carbons (Fsp3) is 0.421. The molecule has 132 valence electrons. The van der Waals surface area contributed by atoms with Gasteiger partial charge in [0, 0.05) is 31.3 Å². The van der Waals surface area contributed by atoms with Gasteiger partial charge in [0.05, 0.1) is 11.6 Å². The van der Waals surface area contributed by atoms with E-state index >= 15 is 0 Å². The van der Waals surface area contributed by atoms with Gasteiger partial charge < -0.3 is 10.0 Å². The molecular formula is C19H23N3O3. The average molecular weight is 341 g/mol. The molecule has 3 rings (SSSR count). The van der Waals surface area contributed by atoms with Crippen molar-refractivity contribution in [3.8, 4) is 0 Å². The van der Waals surface area contributed by atoms with Gasteiger partial charge >= 0.3 is 5.97 Å². The highest BCUT2D eigenvalue weighted by molar-refractivity contribution is 5.89. The van der Waals surface area contributed by atoms with E-state index in [4.69, 9.17) is 0 Å². The maximum atomic E-state index is 13.2. The molecule has 2 aromatic rings. The van der Waals surface area contributed by atoms with E-state index in [0.29, 0.717) is 13.0 Å². The van der Waals surface area contributed by atoms with Crippen LogP contribution in [0.25, 0.3) is 0 Å². The maximum absolute atomic E-state index is 13.2. The molecule has 25 heavy (non-hydrogen) atoms. The van der Waals surface area contributed by atoms with Gasteiger partial charge in [0.1, 0.15) is 6.04 Å². The van der Waals surface area contributed by atoms with Crippen LogP contribution >= 0.6 is 0 Å². The lowest BCUT2D eigenvalue weighted by Crippen LogP contribution is -2.50. The number of hydrogen-bond acceptors (Lipinski definition) is 3. The Morgan fingerprint density at radius 2 is 1.88 bits per heavy atom. The normalized spacial score (nSPS) is 17.9. The Morgan fingerprint density at radius 3 is 2.44 bits per heavy atom. The predicted molar refractivity (Wildman–Crippen MR) is 93.2 cm³/mol. The highest BCUT2D eigenvalue weighted by Gasteiger charge is 2.37. The van der Waals surface area contributed by atoms with E-state index in [1.807, 2.05) is 52.1 Å². The molecule has 1 aliphatic rings. The molecule has 6 nitrogen and oxygen atoms in total. The Balaban J connectivity index is 1.95. The molecule has 0 saturated carbocycles. The largest absolute Gasteiger partial charge is 0.480 e. The molecule has 1 aromatic heterocycles. The molecule has 0 aliphatic carbocycles. The van der Waals surface area contributed by atoms with Crippen molar-refractivity contribution in [2.75, 3.05) is 0 Å². The van der Waals surface area contributed by atoms with Crippen LogP contribution in [0.5, 0.6) is 0 Å². The zero-order valence-corrected chi connectivity index (χ0v) is 15.0. The lowest BCUT2D eigenvalue weighted by molar-refractivity contribution is -0.152. The van der Waals surface area contributed by atoms with Crippen molar-refractivity contribution in [2.45, 2.75) is 45.7 Å². The minimum Gasteiger partial charge on any atom is -0.480 e. The van der Waals surface area contributed by atoms with E-state index in [1.54, 1.807) is 4.68 Å². The number of aryl methyl sites for hydroxylation is 2. The number of rotatable bonds is 3. The predicted octanol–water partition coefficient (Wildman–Crippen LogP) is 2.18. The molecule has 1 aromatic carbocycles. The SMILES string of the molecule is Cc1nn(C)c(C)c1[C@@H](C)C(=O)N1Cc2ccccc2C[C@H]1C(=O)O. The zero-order chi connectivity index (χ0) is 18.3. The van der Waals surface area contributed by atoms with Crippen LogP contribution in [0.2, 0.25) is 0 Å². The van der Waals surface area contributed by atoms with Crippen LogP contribution in [-0.4, -0.2) is 37.7 Å². The van der Waals surface area contributed by atoms with Crippen molar-refractivity contribution in [3.63, 3.8) is 0 Å². The van der Waals surface area contributed by atoms with Gasteiger partial charge in [-0.05, 0) is 31.9 Å². The molecule has 1 N–H and O–H groups in total. The number of amides is 1. The van der Waals surface area contributed by atoms with E-state index < -0.39 is 17.9 Å². The number of fused-ring (bicyclic) bond motifs is 1. The van der Waals surface area contributed by atoms with Gasteiger partial charge in [-0.2, -0.15) is 5.10 Å². The number of aromatic nitrogens is 2. The number of carbonyl (C=O) groups is 2. The van der Waals surface area contributed by atoms with E-state index in [2.05, 4.69) is 5.10 Å². The number of nitrogens with zero attached hydrogens (tertiary/aromatic N) is 3. The van der Waals surface area contributed by atoms with Gasteiger partial charge in [-0.3, -0.25) is 9.48 Å². The summed E-state index contributed by atoms with van der Waals surface area (Å²) in [7, 11) is 1.85. The summed E-state index contributed by atoms with van der Waals surface area (Å²) in [4.78, 5) is 26.4. The third kappa shape index (κ3) is 2.92. The Kier molecular flexibility index (Phi) is 4.37. The van der Waals surface area contributed by atoms with E-state index in [-0.39, 0.29) is 5.91 Å². The van der Waals surface area contributed by atoms with E-state index in [1.165, 1.54) is 4.90 Å². The molecule has 0 spiro atoms. The highest BCUT2D eigenvalue weighted by Crippen LogP contribution is 2.30. The fourth-order valence-electron chi connectivity index (χ4n) is 3.76. The standard InChI is InChI=1S/C19H23N3O3/c1-11(17-12(2)20-21(4)13(17)3)18(23)22-10-15-8-6-5-7-14(15)9-16(22)19(24)25/h5-8,11,16H,9-10H2,1-4H3,(H,24,25)/t11-,16+/m1/s1. The average Bonchev–Trinajstić information content (AvgIpc) is 2.84. The van der Waals surface area contributed by atoms with Crippen molar-refractivity contribution in [2.24, 2.45) is 7.05 Å². The topological polar surface area (TPSA) is 75.4 Å². The van der Waals surface area contributed by atoms with Crippen LogP contribution in [0.4, 0.5) is 0 Å². The van der Waals surface area contributed by atoms with Crippen LogP contribution < -0.4 is 0 Å². The second kappa shape index (κ2) is 6.35. The summed E-state index contributed by atoms with van der Waals surface area (Å²) in [6.45, 7) is 5.97. The molecule has 0 radical (unpaired) electrons. The van der Waals surface area contributed by atoms with Gasteiger partial charge in [-0.1, -0.05) is 24.3 Å². The van der Waals surface area contributed by atoms with Crippen LogP contribution in [0, 0.1) is 13.8 Å². The molecule has 1 amide bonds. The van der Waals surface area contributed by atoms with E-state index in [0.717, 1.165) is 28.1 Å². The second-order valence-corrected chi connectivity index (χ2v) is 6.72. The van der Waals surface area contributed by atoms with Crippen molar-refractivity contribution >= 4 is 11.9 Å². The first-order chi connectivity index (χ1) is 11.8. The van der Waals surface area contributed by atoms with Gasteiger partial charge in [0.15, 0.2) is 0 Å². The summed E-state index contributed by atoms with van der Waals surface area (Å²) in [6.07, 6.45) is 0.342. The van der Waals surface area contributed by atoms with Crippen molar-refractivity contribution in [1.82, 2.24) is 14.7 Å². The second-order valence-electron chi connectivity index (χ2n) is 6.72. The Hall–Kier alpha value is -2.63. The highest BCUT2D eigenvalue weighted by atomic mass is 16.4. The number of carboxylic acid groups (broad SMARTS) is 1. The smallest absolute Gasteiger partial charge is 0.326 e. The molecule has 2 heterocycles. The first-order valence-corrected chi connectivity index (χ1v) is 8.41. The summed E-state index contributed by atoms with van der Waals surface area (Å²) < 4.78 is 1.76. The maximum Gasteiger partial charge on any atom is 0.326 e. The minimum atomic E-state index is -0.963. The Bertz CT molecular complexity index is 840. The van der Waals surface area contributed by atoms with Gasteiger partial charge in [-0.25, -0.2) is 4.79 Å². The molecular weight excluding hydrogens is 318 g/mol. The molecule has 2 atom stereocenters. The van der Waals surface area contributed by atoms with Crippen LogP contribution in [-0.2, 0) is 29.6 Å². The molecule has 6 heteroatoms. The van der Waals surface area contributed by atoms with Crippen molar-refractivity contribution in [1.29, 1.82) is 0 Å². The van der Waals surface area contributed by atoms with Gasteiger partial charge in [0.25, 0.3) is 0 Å². The van der Waals surface area contributed by atoms with Crippen LogP contribution in [0.3, 0.4) is 0 Å². The number of benzene rings is 1. The zero-order valence-electron chi connectivity index (χ0n) is 15.0. The number of aliphatic carboxylic acids is 1. The first kappa shape index (κ1) is 17.2. The molecule has 0 bridgehead atoms. The number of carbonyl (C=O) groups excluding carboxylic acids is 1. The third-order valence-corrected chi connectivity index (χ3v) is 5.19. The van der Waals surface area contributed by atoms with Crippen LogP contribution in [0.15, 0.2) is 24.3 Å². The summed E-state index contributed by atoms with van der Waals surface area (Å²) in [6, 6.07) is 6.88. The van der Waals surface area contributed by atoms with E-state index in [9.17, 15) is 14.7 Å². The first-order valence-electron chi connectivity index (χ1n) is 8.41. The molecule has 1 aliphatic heterocycles. The molecule has 0 fully saturated rings. The van der Waals surface area contributed by atoms with Crippen molar-refractivity contribution < 1.29 is 14.7 Å². The molecule has 0 saturated heterocycles. The van der Waals surface area contributed by atoms with Crippen molar-refractivity contribution in [3.05, 3.63) is 52.3 Å².